The number of amides is 3. The third-order valence-electron chi connectivity index (χ3n) is 5.88. The average Bonchev–Trinajstić information content (AvgIpc) is 3.31. The average molecular weight is 440 g/mol. The summed E-state index contributed by atoms with van der Waals surface area (Å²) in [5.74, 6) is -0.939. The number of carbonyl (C=O) groups excluding carboxylic acids is 3. The van der Waals surface area contributed by atoms with E-state index in [1.165, 1.54) is 0 Å². The Balaban J connectivity index is 1.87. The van der Waals surface area contributed by atoms with Crippen LogP contribution in [0.25, 0.3) is 0 Å². The molecule has 1 aromatic carbocycles. The van der Waals surface area contributed by atoms with Gasteiger partial charge in [0.25, 0.3) is 5.91 Å². The van der Waals surface area contributed by atoms with Gasteiger partial charge in [-0.1, -0.05) is 6.07 Å². The molecule has 172 valence electrons. The maximum Gasteiger partial charge on any atom is 0.253 e. The summed E-state index contributed by atoms with van der Waals surface area (Å²) in [7, 11) is 1.81. The molecular weight excluding hydrogens is 406 g/mol. The molecule has 2 aromatic rings. The molecule has 3 amide bonds. The zero-order chi connectivity index (χ0) is 23.6. The van der Waals surface area contributed by atoms with Crippen molar-refractivity contribution in [3.05, 3.63) is 47.8 Å². The smallest absolute Gasteiger partial charge is 0.253 e. The van der Waals surface area contributed by atoms with Gasteiger partial charge in [0.05, 0.1) is 18.2 Å². The molecule has 1 saturated heterocycles. The quantitative estimate of drug-likeness (QED) is 0.749. The van der Waals surface area contributed by atoms with Gasteiger partial charge in [-0.15, -0.1) is 0 Å². The van der Waals surface area contributed by atoms with E-state index in [0.717, 1.165) is 5.56 Å². The van der Waals surface area contributed by atoms with Gasteiger partial charge in [-0.05, 0) is 52.8 Å². The van der Waals surface area contributed by atoms with Crippen molar-refractivity contribution in [3.8, 4) is 0 Å². The Bertz CT molecular complexity index is 1000. The number of aromatic nitrogens is 2. The number of likely N-dealkylation sites (tertiary alicyclic amines) is 1. The number of aryl methyl sites for hydroxylation is 1. The first-order valence-corrected chi connectivity index (χ1v) is 11.1. The third kappa shape index (κ3) is 4.69. The second-order valence-electron chi connectivity index (χ2n) is 9.18. The van der Waals surface area contributed by atoms with Crippen molar-refractivity contribution < 1.29 is 14.4 Å². The van der Waals surface area contributed by atoms with Crippen molar-refractivity contribution in [3.63, 3.8) is 0 Å². The van der Waals surface area contributed by atoms with Crippen LogP contribution in [-0.2, 0) is 16.6 Å². The summed E-state index contributed by atoms with van der Waals surface area (Å²) in [6, 6.07) is 6.54. The zero-order valence-corrected chi connectivity index (χ0v) is 19.8. The second kappa shape index (κ2) is 9.14. The van der Waals surface area contributed by atoms with Gasteiger partial charge in [0.2, 0.25) is 11.8 Å². The number of nitrogens with zero attached hydrogens (tertiary/aromatic N) is 4. The summed E-state index contributed by atoms with van der Waals surface area (Å²) >= 11 is 0. The van der Waals surface area contributed by atoms with Crippen LogP contribution in [0.4, 0.5) is 5.69 Å². The predicted octanol–water partition coefficient (Wildman–Crippen LogP) is 3.23. The number of carbonyl (C=O) groups is 3. The molecule has 2 heterocycles. The minimum absolute atomic E-state index is 0.0584. The van der Waals surface area contributed by atoms with Gasteiger partial charge in [-0.3, -0.25) is 19.1 Å². The van der Waals surface area contributed by atoms with Crippen LogP contribution < -0.4 is 5.32 Å². The minimum Gasteiger partial charge on any atom is -0.339 e. The van der Waals surface area contributed by atoms with Gasteiger partial charge in [-0.2, -0.15) is 5.10 Å². The lowest BCUT2D eigenvalue weighted by atomic mass is 9.92. The van der Waals surface area contributed by atoms with Crippen molar-refractivity contribution in [2.45, 2.75) is 52.6 Å². The maximum absolute atomic E-state index is 13.3. The SMILES string of the molecule is CCN(CC)C(=O)c1cccc(NC(=O)[C@H]2CC(=O)N(C(C)(C)C)[C@@H]2c2cnn(C)c2)c1. The summed E-state index contributed by atoms with van der Waals surface area (Å²) < 4.78 is 1.68. The summed E-state index contributed by atoms with van der Waals surface area (Å²) in [6.07, 6.45) is 3.69. The third-order valence-corrected chi connectivity index (χ3v) is 5.88. The Morgan fingerprint density at radius 1 is 1.22 bits per heavy atom. The lowest BCUT2D eigenvalue weighted by Gasteiger charge is -2.38. The van der Waals surface area contributed by atoms with E-state index in [0.29, 0.717) is 24.3 Å². The van der Waals surface area contributed by atoms with Crippen molar-refractivity contribution in [2.75, 3.05) is 18.4 Å². The minimum atomic E-state index is -0.562. The molecule has 1 aliphatic rings. The molecule has 0 radical (unpaired) electrons. The predicted molar refractivity (Wildman–Crippen MR) is 123 cm³/mol. The first-order chi connectivity index (χ1) is 15.1. The van der Waals surface area contributed by atoms with E-state index in [-0.39, 0.29) is 24.1 Å². The summed E-state index contributed by atoms with van der Waals surface area (Å²) in [4.78, 5) is 42.5. The summed E-state index contributed by atoms with van der Waals surface area (Å²) in [5.41, 5.74) is 1.45. The molecule has 1 aliphatic heterocycles. The van der Waals surface area contributed by atoms with Crippen LogP contribution in [0.15, 0.2) is 36.7 Å². The van der Waals surface area contributed by atoms with Crippen LogP contribution in [0, 0.1) is 5.92 Å². The number of anilines is 1. The highest BCUT2D eigenvalue weighted by atomic mass is 16.2. The van der Waals surface area contributed by atoms with E-state index < -0.39 is 17.5 Å². The van der Waals surface area contributed by atoms with Crippen LogP contribution >= 0.6 is 0 Å². The fourth-order valence-electron chi connectivity index (χ4n) is 4.39. The number of hydrogen-bond donors (Lipinski definition) is 1. The number of rotatable bonds is 6. The van der Waals surface area contributed by atoms with E-state index in [1.54, 1.807) is 44.9 Å². The van der Waals surface area contributed by atoms with Crippen LogP contribution in [0.3, 0.4) is 0 Å². The van der Waals surface area contributed by atoms with Crippen molar-refractivity contribution in [2.24, 2.45) is 13.0 Å². The molecule has 0 unspecified atom stereocenters. The lowest BCUT2D eigenvalue weighted by Crippen LogP contribution is -2.44. The molecule has 1 fully saturated rings. The van der Waals surface area contributed by atoms with Crippen molar-refractivity contribution >= 4 is 23.4 Å². The molecule has 0 bridgehead atoms. The molecule has 0 aliphatic carbocycles. The van der Waals surface area contributed by atoms with Gasteiger partial charge < -0.3 is 15.1 Å². The lowest BCUT2D eigenvalue weighted by molar-refractivity contribution is -0.133. The number of nitrogens with one attached hydrogen (secondary N) is 1. The molecule has 1 N–H and O–H groups in total. The normalized spacial score (nSPS) is 18.7. The number of hydrogen-bond acceptors (Lipinski definition) is 4. The fraction of sp³-hybridized carbons (Fsp3) is 0.500. The monoisotopic (exact) mass is 439 g/mol. The van der Waals surface area contributed by atoms with Gasteiger partial charge in [0.15, 0.2) is 0 Å². The second-order valence-corrected chi connectivity index (χ2v) is 9.18. The molecule has 0 saturated carbocycles. The Morgan fingerprint density at radius 3 is 2.47 bits per heavy atom. The fourth-order valence-corrected chi connectivity index (χ4v) is 4.39. The summed E-state index contributed by atoms with van der Waals surface area (Å²) in [5, 5.41) is 7.19. The molecule has 2 atom stereocenters. The first-order valence-electron chi connectivity index (χ1n) is 11.1. The van der Waals surface area contributed by atoms with Gasteiger partial charge in [0, 0.05) is 55.1 Å². The van der Waals surface area contributed by atoms with E-state index in [4.69, 9.17) is 0 Å². The maximum atomic E-state index is 13.3. The largest absolute Gasteiger partial charge is 0.339 e. The van der Waals surface area contributed by atoms with E-state index in [2.05, 4.69) is 10.4 Å². The van der Waals surface area contributed by atoms with Crippen LogP contribution in [0.5, 0.6) is 0 Å². The molecular formula is C24H33N5O3. The Morgan fingerprint density at radius 2 is 1.91 bits per heavy atom. The van der Waals surface area contributed by atoms with Crippen molar-refractivity contribution in [1.82, 2.24) is 19.6 Å². The first kappa shape index (κ1) is 23.5. The van der Waals surface area contributed by atoms with Gasteiger partial charge >= 0.3 is 0 Å². The zero-order valence-electron chi connectivity index (χ0n) is 19.8. The molecule has 1 aromatic heterocycles. The highest BCUT2D eigenvalue weighted by Gasteiger charge is 2.48. The van der Waals surface area contributed by atoms with E-state index >= 15 is 0 Å². The van der Waals surface area contributed by atoms with Crippen LogP contribution in [0.1, 0.15) is 63.0 Å². The Kier molecular flexibility index (Phi) is 6.71. The molecule has 8 heteroatoms. The van der Waals surface area contributed by atoms with Crippen LogP contribution in [0.2, 0.25) is 0 Å². The van der Waals surface area contributed by atoms with Crippen molar-refractivity contribution in [1.29, 1.82) is 0 Å². The van der Waals surface area contributed by atoms with Gasteiger partial charge in [0.1, 0.15) is 0 Å². The molecule has 32 heavy (non-hydrogen) atoms. The Hall–Kier alpha value is -3.16. The number of benzene rings is 1. The highest BCUT2D eigenvalue weighted by Crippen LogP contribution is 2.42. The Labute approximate surface area is 189 Å². The molecule has 8 nitrogen and oxygen atoms in total. The topological polar surface area (TPSA) is 87.5 Å². The van der Waals surface area contributed by atoms with E-state index in [1.807, 2.05) is 47.9 Å². The van der Waals surface area contributed by atoms with E-state index in [9.17, 15) is 14.4 Å². The molecule has 0 spiro atoms. The van der Waals surface area contributed by atoms with Gasteiger partial charge in [-0.25, -0.2) is 0 Å². The van der Waals surface area contributed by atoms with Crippen LogP contribution in [-0.4, -0.2) is 55.9 Å². The summed E-state index contributed by atoms with van der Waals surface area (Å²) in [6.45, 7) is 11.0. The standard InChI is InChI=1S/C24H33N5O3/c1-7-28(8-2)23(32)16-10-9-11-18(12-16)26-22(31)19-13-20(30)29(24(3,4)5)21(19)17-14-25-27(6)15-17/h9-12,14-15,19,21H,7-8,13H2,1-6H3,(H,26,31)/t19-,21+/m0/s1. The highest BCUT2D eigenvalue weighted by molar-refractivity contribution is 6.00. The molecule has 3 rings (SSSR count).